The van der Waals surface area contributed by atoms with Gasteiger partial charge >= 0.3 is 18.0 Å². The number of urea groups is 2. The van der Waals surface area contributed by atoms with Crippen molar-refractivity contribution >= 4 is 53.7 Å². The third kappa shape index (κ3) is 5.40. The molecule has 1 aliphatic heterocycles. The number of oxime groups is 1. The van der Waals surface area contributed by atoms with Crippen LogP contribution in [0.4, 0.5) is 15.3 Å². The molecule has 2 aromatic rings. The SMILES string of the molecule is CC(COC(=O)c1cccc(N2C(=O)N(C)C(S)N(C)C2=O)c1Cl)=NOCc1ccccc1. The molecule has 1 fully saturated rings. The van der Waals surface area contributed by atoms with E-state index >= 15 is 0 Å². The molecule has 3 rings (SSSR count). The maximum Gasteiger partial charge on any atom is 0.340 e. The Morgan fingerprint density at radius 2 is 1.70 bits per heavy atom. The molecule has 0 saturated carbocycles. The molecule has 0 N–H and O–H groups in total. The van der Waals surface area contributed by atoms with E-state index in [0.717, 1.165) is 10.5 Å². The summed E-state index contributed by atoms with van der Waals surface area (Å²) < 4.78 is 5.27. The normalized spacial score (nSPS) is 15.2. The van der Waals surface area contributed by atoms with E-state index in [0.29, 0.717) is 5.71 Å². The number of carbonyl (C=O) groups excluding carboxylic acids is 3. The number of hydrogen-bond donors (Lipinski definition) is 1. The van der Waals surface area contributed by atoms with Gasteiger partial charge in [0.2, 0.25) is 0 Å². The van der Waals surface area contributed by atoms with Crippen molar-refractivity contribution in [1.29, 1.82) is 0 Å². The summed E-state index contributed by atoms with van der Waals surface area (Å²) in [5.74, 6) is -0.731. The van der Waals surface area contributed by atoms with Crippen LogP contribution in [0, 0.1) is 0 Å². The molecule has 9 nitrogen and oxygen atoms in total. The summed E-state index contributed by atoms with van der Waals surface area (Å²) in [5.41, 5.74) is 0.746. The van der Waals surface area contributed by atoms with Gasteiger partial charge in [-0.3, -0.25) is 9.80 Å². The molecule has 33 heavy (non-hydrogen) atoms. The van der Waals surface area contributed by atoms with Crippen LogP contribution in [-0.2, 0) is 16.2 Å². The van der Waals surface area contributed by atoms with E-state index in [2.05, 4.69) is 17.8 Å². The number of thiol groups is 1. The van der Waals surface area contributed by atoms with Crippen LogP contribution in [0.25, 0.3) is 0 Å². The van der Waals surface area contributed by atoms with Crippen molar-refractivity contribution in [3.63, 3.8) is 0 Å². The van der Waals surface area contributed by atoms with Gasteiger partial charge in [0.05, 0.1) is 22.0 Å². The fourth-order valence-electron chi connectivity index (χ4n) is 2.98. The van der Waals surface area contributed by atoms with Crippen LogP contribution >= 0.6 is 24.2 Å². The first-order valence-electron chi connectivity index (χ1n) is 9.89. The predicted octanol–water partition coefficient (Wildman–Crippen LogP) is 4.23. The van der Waals surface area contributed by atoms with Gasteiger partial charge in [0.1, 0.15) is 13.2 Å². The number of ether oxygens (including phenoxy) is 1. The van der Waals surface area contributed by atoms with Crippen molar-refractivity contribution in [1.82, 2.24) is 9.80 Å². The monoisotopic (exact) mass is 490 g/mol. The van der Waals surface area contributed by atoms with Crippen LogP contribution in [0.5, 0.6) is 0 Å². The Morgan fingerprint density at radius 1 is 1.06 bits per heavy atom. The number of anilines is 1. The number of carbonyl (C=O) groups is 3. The standard InChI is InChI=1S/C22H23ClN4O5S/c1-14(24-32-13-15-8-5-4-6-9-15)12-31-19(28)16-10-7-11-17(18(16)23)27-20(29)25(2)22(33)26(3)21(27)30/h4-11,22,33H,12-13H2,1-3H3. The second-order valence-electron chi connectivity index (χ2n) is 7.27. The molecule has 4 amide bonds. The maximum atomic E-state index is 12.7. The molecule has 11 heteroatoms. The van der Waals surface area contributed by atoms with E-state index in [9.17, 15) is 14.4 Å². The van der Waals surface area contributed by atoms with Crippen molar-refractivity contribution in [3.05, 3.63) is 64.7 Å². The molecule has 1 heterocycles. The maximum absolute atomic E-state index is 12.7. The van der Waals surface area contributed by atoms with Crippen LogP contribution in [0.3, 0.4) is 0 Å². The zero-order valence-corrected chi connectivity index (χ0v) is 19.9. The summed E-state index contributed by atoms with van der Waals surface area (Å²) in [4.78, 5) is 46.7. The van der Waals surface area contributed by atoms with E-state index in [-0.39, 0.29) is 29.5 Å². The molecule has 0 bridgehead atoms. The molecule has 1 saturated heterocycles. The smallest absolute Gasteiger partial charge is 0.340 e. The molecule has 174 valence electrons. The fourth-order valence-corrected chi connectivity index (χ4v) is 3.46. The van der Waals surface area contributed by atoms with Gasteiger partial charge in [0.25, 0.3) is 0 Å². The lowest BCUT2D eigenvalue weighted by Gasteiger charge is -2.42. The largest absolute Gasteiger partial charge is 0.456 e. The Hall–Kier alpha value is -3.24. The quantitative estimate of drug-likeness (QED) is 0.271. The average molecular weight is 491 g/mol. The van der Waals surface area contributed by atoms with Gasteiger partial charge in [-0.1, -0.05) is 53.2 Å². The van der Waals surface area contributed by atoms with Gasteiger partial charge in [-0.05, 0) is 24.6 Å². The van der Waals surface area contributed by atoms with E-state index < -0.39 is 23.5 Å². The van der Waals surface area contributed by atoms with Crippen molar-refractivity contribution in [2.24, 2.45) is 5.16 Å². The first-order chi connectivity index (χ1) is 15.7. The zero-order valence-electron chi connectivity index (χ0n) is 18.3. The lowest BCUT2D eigenvalue weighted by molar-refractivity contribution is 0.0555. The predicted molar refractivity (Wildman–Crippen MR) is 128 cm³/mol. The van der Waals surface area contributed by atoms with Gasteiger partial charge in [0.15, 0.2) is 5.50 Å². The highest BCUT2D eigenvalue weighted by atomic mass is 35.5. The summed E-state index contributed by atoms with van der Waals surface area (Å²) in [5, 5.41) is 3.85. The molecule has 0 aromatic heterocycles. The minimum atomic E-state index is -0.731. The van der Waals surface area contributed by atoms with Gasteiger partial charge in [0, 0.05) is 14.1 Å². The zero-order chi connectivity index (χ0) is 24.1. The third-order valence-electron chi connectivity index (χ3n) is 4.82. The summed E-state index contributed by atoms with van der Waals surface area (Å²) in [6.45, 7) is 1.82. The second-order valence-corrected chi connectivity index (χ2v) is 8.11. The lowest BCUT2D eigenvalue weighted by atomic mass is 10.2. The molecule has 1 aliphatic rings. The van der Waals surface area contributed by atoms with E-state index in [1.807, 2.05) is 30.3 Å². The van der Waals surface area contributed by atoms with E-state index in [4.69, 9.17) is 21.2 Å². The van der Waals surface area contributed by atoms with Crippen molar-refractivity contribution in [3.8, 4) is 0 Å². The van der Waals surface area contributed by atoms with Crippen LogP contribution in [0.2, 0.25) is 5.02 Å². The molecule has 0 radical (unpaired) electrons. The first kappa shape index (κ1) is 24.4. The second kappa shape index (κ2) is 10.6. The van der Waals surface area contributed by atoms with Crippen LogP contribution in [0.1, 0.15) is 22.8 Å². The Bertz CT molecular complexity index is 1060. The van der Waals surface area contributed by atoms with Crippen molar-refractivity contribution in [2.75, 3.05) is 25.6 Å². The lowest BCUT2D eigenvalue weighted by Crippen LogP contribution is -2.62. The highest BCUT2D eigenvalue weighted by Crippen LogP contribution is 2.33. The molecule has 2 aromatic carbocycles. The summed E-state index contributed by atoms with van der Waals surface area (Å²) in [7, 11) is 3.01. The Kier molecular flexibility index (Phi) is 7.83. The van der Waals surface area contributed by atoms with Crippen molar-refractivity contribution in [2.45, 2.75) is 19.0 Å². The highest BCUT2D eigenvalue weighted by Gasteiger charge is 2.41. The van der Waals surface area contributed by atoms with Crippen LogP contribution in [0.15, 0.2) is 53.7 Å². The number of amides is 4. The van der Waals surface area contributed by atoms with Gasteiger partial charge in [-0.2, -0.15) is 0 Å². The number of hydrogen-bond acceptors (Lipinski definition) is 7. The molecule has 0 atom stereocenters. The molecule has 0 unspecified atom stereocenters. The fraction of sp³-hybridized carbons (Fsp3) is 0.273. The van der Waals surface area contributed by atoms with Crippen LogP contribution in [-0.4, -0.2) is 59.7 Å². The Labute approximate surface area is 201 Å². The Morgan fingerprint density at radius 3 is 2.33 bits per heavy atom. The van der Waals surface area contributed by atoms with E-state index in [1.54, 1.807) is 6.92 Å². The molecule has 0 aliphatic carbocycles. The summed E-state index contributed by atoms with van der Waals surface area (Å²) >= 11 is 10.7. The van der Waals surface area contributed by atoms with Gasteiger partial charge in [-0.15, -0.1) is 12.6 Å². The van der Waals surface area contributed by atoms with Gasteiger partial charge in [-0.25, -0.2) is 19.3 Å². The highest BCUT2D eigenvalue weighted by molar-refractivity contribution is 7.80. The number of imide groups is 1. The molecule has 0 spiro atoms. The van der Waals surface area contributed by atoms with Crippen LogP contribution < -0.4 is 4.90 Å². The minimum Gasteiger partial charge on any atom is -0.456 e. The average Bonchev–Trinajstić information content (AvgIpc) is 2.82. The van der Waals surface area contributed by atoms with Gasteiger partial charge < -0.3 is 9.57 Å². The number of nitrogens with zero attached hydrogens (tertiary/aromatic N) is 4. The number of benzene rings is 2. The van der Waals surface area contributed by atoms with Crippen molar-refractivity contribution < 1.29 is 24.0 Å². The Balaban J connectivity index is 1.68. The molecular formula is C22H23ClN4O5S. The topological polar surface area (TPSA) is 91.8 Å². The number of halogens is 1. The summed E-state index contributed by atoms with van der Waals surface area (Å²) in [6.07, 6.45) is 0. The minimum absolute atomic E-state index is 0.00562. The number of rotatable bonds is 7. The third-order valence-corrected chi connectivity index (χ3v) is 5.91. The first-order valence-corrected chi connectivity index (χ1v) is 10.8. The summed E-state index contributed by atoms with van der Waals surface area (Å²) in [6, 6.07) is 12.7. The molecular weight excluding hydrogens is 468 g/mol. The van der Waals surface area contributed by atoms with E-state index in [1.165, 1.54) is 42.1 Å². The number of esters is 1.